The Labute approximate surface area is 141 Å². The first-order chi connectivity index (χ1) is 11.7. The summed E-state index contributed by atoms with van der Waals surface area (Å²) in [7, 11) is 0. The summed E-state index contributed by atoms with van der Waals surface area (Å²) in [6.07, 6.45) is 3.85. The number of ether oxygens (including phenoxy) is 1. The number of amides is 1. The van der Waals surface area contributed by atoms with Crippen LogP contribution in [0.1, 0.15) is 34.8 Å². The van der Waals surface area contributed by atoms with E-state index in [4.69, 9.17) is 9.15 Å². The maximum atomic E-state index is 12.5. The highest BCUT2D eigenvalue weighted by Gasteiger charge is 2.43. The summed E-state index contributed by atoms with van der Waals surface area (Å²) in [6.45, 7) is 4.04. The summed E-state index contributed by atoms with van der Waals surface area (Å²) >= 11 is 0. The second-order valence-corrected chi connectivity index (χ2v) is 6.87. The van der Waals surface area contributed by atoms with Crippen LogP contribution in [0.3, 0.4) is 0 Å². The maximum Gasteiger partial charge on any atom is 0.275 e. The van der Waals surface area contributed by atoms with Gasteiger partial charge in [-0.25, -0.2) is 4.98 Å². The molecule has 1 aromatic heterocycles. The van der Waals surface area contributed by atoms with Crippen LogP contribution < -0.4 is 0 Å². The number of nitrogens with zero attached hydrogens (tertiary/aromatic N) is 2. The maximum absolute atomic E-state index is 12.5. The second kappa shape index (κ2) is 6.40. The van der Waals surface area contributed by atoms with Gasteiger partial charge in [-0.2, -0.15) is 0 Å². The fourth-order valence-electron chi connectivity index (χ4n) is 3.96. The van der Waals surface area contributed by atoms with Crippen molar-refractivity contribution in [2.75, 3.05) is 13.1 Å². The fourth-order valence-corrected chi connectivity index (χ4v) is 3.96. The zero-order chi connectivity index (χ0) is 16.5. The van der Waals surface area contributed by atoms with E-state index in [1.807, 2.05) is 23.1 Å². The highest BCUT2D eigenvalue weighted by atomic mass is 16.5. The van der Waals surface area contributed by atoms with E-state index < -0.39 is 0 Å². The molecule has 1 saturated heterocycles. The number of carbonyl (C=O) groups is 1. The van der Waals surface area contributed by atoms with Crippen molar-refractivity contribution < 1.29 is 13.9 Å². The van der Waals surface area contributed by atoms with Crippen LogP contribution in [0, 0.1) is 18.8 Å². The van der Waals surface area contributed by atoms with Crippen molar-refractivity contribution >= 4 is 5.91 Å². The van der Waals surface area contributed by atoms with Crippen molar-refractivity contribution in [3.8, 4) is 0 Å². The molecule has 2 fully saturated rings. The van der Waals surface area contributed by atoms with Crippen LogP contribution in [0.15, 0.2) is 41.0 Å². The minimum Gasteiger partial charge on any atom is -0.448 e. The van der Waals surface area contributed by atoms with E-state index in [9.17, 15) is 4.79 Å². The standard InChI is InChI=1S/C19H22N2O3/c1-13-20-18(12-23-13)19(22)21-9-15-7-17(8-16(15)10-21)24-11-14-5-3-2-4-6-14/h2-6,12,15-17H,7-11H2,1H3/t15-,16+,17?. The first-order valence-corrected chi connectivity index (χ1v) is 8.56. The van der Waals surface area contributed by atoms with Gasteiger partial charge in [0.25, 0.3) is 5.91 Å². The van der Waals surface area contributed by atoms with Crippen LogP contribution in [-0.2, 0) is 11.3 Å². The molecular weight excluding hydrogens is 304 g/mol. The Morgan fingerprint density at radius 3 is 2.58 bits per heavy atom. The third-order valence-corrected chi connectivity index (χ3v) is 5.16. The van der Waals surface area contributed by atoms with Crippen LogP contribution in [0.4, 0.5) is 0 Å². The van der Waals surface area contributed by atoms with Gasteiger partial charge in [-0.15, -0.1) is 0 Å². The number of carbonyl (C=O) groups excluding carboxylic acids is 1. The molecule has 2 aromatic rings. The first kappa shape index (κ1) is 15.4. The molecule has 1 aliphatic heterocycles. The number of fused-ring (bicyclic) bond motifs is 1. The molecule has 0 radical (unpaired) electrons. The molecule has 3 atom stereocenters. The monoisotopic (exact) mass is 326 g/mol. The lowest BCUT2D eigenvalue weighted by Crippen LogP contribution is -2.30. The van der Waals surface area contributed by atoms with E-state index in [0.717, 1.165) is 25.9 Å². The van der Waals surface area contributed by atoms with Crippen LogP contribution in [0.5, 0.6) is 0 Å². The predicted molar refractivity (Wildman–Crippen MR) is 88.4 cm³/mol. The minimum absolute atomic E-state index is 0.0111. The van der Waals surface area contributed by atoms with E-state index in [2.05, 4.69) is 17.1 Å². The third-order valence-electron chi connectivity index (χ3n) is 5.16. The average molecular weight is 326 g/mol. The highest BCUT2D eigenvalue weighted by Crippen LogP contribution is 2.40. The lowest BCUT2D eigenvalue weighted by atomic mass is 10.0. The molecule has 24 heavy (non-hydrogen) atoms. The Morgan fingerprint density at radius 2 is 1.96 bits per heavy atom. The number of aromatic nitrogens is 1. The van der Waals surface area contributed by atoms with Crippen molar-refractivity contribution in [1.82, 2.24) is 9.88 Å². The third kappa shape index (κ3) is 3.08. The van der Waals surface area contributed by atoms with Gasteiger partial charge in [-0.3, -0.25) is 4.79 Å². The van der Waals surface area contributed by atoms with Gasteiger partial charge in [0.05, 0.1) is 12.7 Å². The van der Waals surface area contributed by atoms with Crippen molar-refractivity contribution in [3.05, 3.63) is 53.7 Å². The number of rotatable bonds is 4. The Bertz CT molecular complexity index is 698. The first-order valence-electron chi connectivity index (χ1n) is 8.56. The van der Waals surface area contributed by atoms with Crippen LogP contribution in [-0.4, -0.2) is 35.0 Å². The molecule has 0 spiro atoms. The molecule has 5 nitrogen and oxygen atoms in total. The molecule has 1 amide bonds. The summed E-state index contributed by atoms with van der Waals surface area (Å²) in [5.74, 6) is 1.61. The predicted octanol–water partition coefficient (Wildman–Crippen LogP) is 3.05. The lowest BCUT2D eigenvalue weighted by Gasteiger charge is -2.18. The summed E-state index contributed by atoms with van der Waals surface area (Å²) < 4.78 is 11.2. The number of benzene rings is 1. The fraction of sp³-hybridized carbons (Fsp3) is 0.474. The van der Waals surface area contributed by atoms with Gasteiger partial charge in [0, 0.05) is 20.0 Å². The summed E-state index contributed by atoms with van der Waals surface area (Å²) in [5, 5.41) is 0. The number of aryl methyl sites for hydroxylation is 1. The number of oxazole rings is 1. The second-order valence-electron chi connectivity index (χ2n) is 6.87. The Balaban J connectivity index is 1.29. The van der Waals surface area contributed by atoms with Crippen molar-refractivity contribution in [2.24, 2.45) is 11.8 Å². The molecule has 0 N–H and O–H groups in total. The van der Waals surface area contributed by atoms with E-state index in [1.165, 1.54) is 11.8 Å². The van der Waals surface area contributed by atoms with Crippen LogP contribution in [0.2, 0.25) is 0 Å². The van der Waals surface area contributed by atoms with Crippen molar-refractivity contribution in [3.63, 3.8) is 0 Å². The van der Waals surface area contributed by atoms with Gasteiger partial charge < -0.3 is 14.1 Å². The zero-order valence-corrected chi connectivity index (χ0v) is 13.9. The molecule has 1 aliphatic carbocycles. The number of hydrogen-bond donors (Lipinski definition) is 0. The molecule has 1 unspecified atom stereocenters. The quantitative estimate of drug-likeness (QED) is 0.866. The smallest absolute Gasteiger partial charge is 0.275 e. The highest BCUT2D eigenvalue weighted by molar-refractivity contribution is 5.92. The molecule has 2 aliphatic rings. The molecular formula is C19H22N2O3. The zero-order valence-electron chi connectivity index (χ0n) is 13.9. The van der Waals surface area contributed by atoms with Gasteiger partial charge in [-0.05, 0) is 30.2 Å². The van der Waals surface area contributed by atoms with Crippen LogP contribution >= 0.6 is 0 Å². The Kier molecular flexibility index (Phi) is 4.10. The normalized spacial score (nSPS) is 25.9. The molecule has 1 saturated carbocycles. The Hall–Kier alpha value is -2.14. The minimum atomic E-state index is -0.0111. The molecule has 0 bridgehead atoms. The van der Waals surface area contributed by atoms with Gasteiger partial charge >= 0.3 is 0 Å². The summed E-state index contributed by atoms with van der Waals surface area (Å²) in [5.41, 5.74) is 1.64. The Morgan fingerprint density at radius 1 is 1.25 bits per heavy atom. The lowest BCUT2D eigenvalue weighted by molar-refractivity contribution is 0.0367. The van der Waals surface area contributed by atoms with Gasteiger partial charge in [0.1, 0.15) is 6.26 Å². The molecule has 2 heterocycles. The van der Waals surface area contributed by atoms with Crippen molar-refractivity contribution in [2.45, 2.75) is 32.5 Å². The average Bonchev–Trinajstić information content (AvgIpc) is 3.27. The molecule has 4 rings (SSSR count). The number of likely N-dealkylation sites (tertiary alicyclic amines) is 1. The SMILES string of the molecule is Cc1nc(C(=O)N2C[C@H]3CC(OCc4ccccc4)C[C@H]3C2)co1. The van der Waals surface area contributed by atoms with E-state index in [0.29, 0.717) is 36.1 Å². The van der Waals surface area contributed by atoms with Gasteiger partial charge in [0.15, 0.2) is 11.6 Å². The van der Waals surface area contributed by atoms with Crippen LogP contribution in [0.25, 0.3) is 0 Å². The largest absolute Gasteiger partial charge is 0.448 e. The van der Waals surface area contributed by atoms with E-state index in [1.54, 1.807) is 6.92 Å². The van der Waals surface area contributed by atoms with E-state index in [-0.39, 0.29) is 5.91 Å². The van der Waals surface area contributed by atoms with Gasteiger partial charge in [0.2, 0.25) is 0 Å². The summed E-state index contributed by atoms with van der Waals surface area (Å²) in [4.78, 5) is 18.5. The molecule has 5 heteroatoms. The van der Waals surface area contributed by atoms with Gasteiger partial charge in [-0.1, -0.05) is 30.3 Å². The topological polar surface area (TPSA) is 55.6 Å². The van der Waals surface area contributed by atoms with Crippen molar-refractivity contribution in [1.29, 1.82) is 0 Å². The number of hydrogen-bond acceptors (Lipinski definition) is 4. The van der Waals surface area contributed by atoms with E-state index >= 15 is 0 Å². The molecule has 1 aromatic carbocycles. The molecule has 126 valence electrons. The summed E-state index contributed by atoms with van der Waals surface area (Å²) in [6, 6.07) is 10.3.